The Balaban J connectivity index is 1.86. The number of hydrogen-bond donors (Lipinski definition) is 1. The van der Waals surface area contributed by atoms with Crippen molar-refractivity contribution in [1.29, 1.82) is 0 Å². The molecule has 0 saturated carbocycles. The number of carbonyl (C=O) groups excluding carboxylic acids is 1. The van der Waals surface area contributed by atoms with Crippen LogP contribution in [-0.2, 0) is 4.79 Å². The molecular weight excluding hydrogens is 222 g/mol. The number of thioether (sulfide) groups is 1. The molecule has 1 amide bonds. The van der Waals surface area contributed by atoms with Crippen molar-refractivity contribution in [1.82, 2.24) is 15.1 Å². The summed E-state index contributed by atoms with van der Waals surface area (Å²) in [6.07, 6.45) is 2.19. The van der Waals surface area contributed by atoms with Crippen molar-refractivity contribution in [3.63, 3.8) is 0 Å². The summed E-state index contributed by atoms with van der Waals surface area (Å²) >= 11 is 1.96. The number of nitrogens with one attached hydrogen (secondary N) is 1. The molecule has 2 heterocycles. The van der Waals surface area contributed by atoms with E-state index in [1.165, 1.54) is 0 Å². The minimum atomic E-state index is 0.214. The fourth-order valence-corrected chi connectivity index (χ4v) is 3.48. The van der Waals surface area contributed by atoms with Crippen LogP contribution in [0.15, 0.2) is 0 Å². The fourth-order valence-electron chi connectivity index (χ4n) is 2.61. The summed E-state index contributed by atoms with van der Waals surface area (Å²) in [6.45, 7) is 7.74. The van der Waals surface area contributed by atoms with E-state index in [0.29, 0.717) is 11.3 Å². The van der Waals surface area contributed by atoms with Crippen molar-refractivity contribution in [3.05, 3.63) is 0 Å². The van der Waals surface area contributed by atoms with E-state index < -0.39 is 0 Å². The van der Waals surface area contributed by atoms with Crippen molar-refractivity contribution in [2.75, 3.05) is 45.5 Å². The lowest BCUT2D eigenvalue weighted by molar-refractivity contribution is -0.130. The molecule has 0 spiro atoms. The van der Waals surface area contributed by atoms with Crippen LogP contribution in [0, 0.1) is 0 Å². The van der Waals surface area contributed by atoms with Gasteiger partial charge in [-0.2, -0.15) is 11.8 Å². The fraction of sp³-hybridized carbons (Fsp3) is 0.909. The van der Waals surface area contributed by atoms with Gasteiger partial charge in [0.05, 0.1) is 0 Å². The molecule has 0 aromatic rings. The molecule has 2 unspecified atom stereocenters. The van der Waals surface area contributed by atoms with E-state index in [1.807, 2.05) is 16.7 Å². The maximum Gasteiger partial charge on any atom is 0.219 e. The smallest absolute Gasteiger partial charge is 0.219 e. The van der Waals surface area contributed by atoms with Crippen LogP contribution in [0.5, 0.6) is 0 Å². The minimum absolute atomic E-state index is 0.214. The number of amides is 1. The lowest BCUT2D eigenvalue weighted by Crippen LogP contribution is -2.54. The van der Waals surface area contributed by atoms with Crippen molar-refractivity contribution in [2.24, 2.45) is 0 Å². The molecule has 5 heteroatoms. The first-order valence-corrected chi connectivity index (χ1v) is 7.24. The van der Waals surface area contributed by atoms with Crippen LogP contribution in [0.25, 0.3) is 0 Å². The largest absolute Gasteiger partial charge is 0.340 e. The van der Waals surface area contributed by atoms with E-state index >= 15 is 0 Å². The van der Waals surface area contributed by atoms with Gasteiger partial charge in [-0.1, -0.05) is 0 Å². The van der Waals surface area contributed by atoms with E-state index in [2.05, 4.69) is 16.5 Å². The third-order valence-electron chi connectivity index (χ3n) is 3.66. The van der Waals surface area contributed by atoms with Gasteiger partial charge in [0.15, 0.2) is 0 Å². The van der Waals surface area contributed by atoms with Gasteiger partial charge in [-0.05, 0) is 6.26 Å². The quantitative estimate of drug-likeness (QED) is 0.732. The van der Waals surface area contributed by atoms with Gasteiger partial charge < -0.3 is 10.2 Å². The van der Waals surface area contributed by atoms with Crippen LogP contribution in [0.2, 0.25) is 0 Å². The molecule has 2 aliphatic heterocycles. The summed E-state index contributed by atoms with van der Waals surface area (Å²) in [5.74, 6) is 0.214. The molecular formula is C11H21N3OS. The highest BCUT2D eigenvalue weighted by atomic mass is 32.2. The Labute approximate surface area is 102 Å². The maximum absolute atomic E-state index is 11.2. The van der Waals surface area contributed by atoms with Gasteiger partial charge in [0.25, 0.3) is 0 Å². The summed E-state index contributed by atoms with van der Waals surface area (Å²) in [6, 6.07) is 0.657. The van der Waals surface area contributed by atoms with Gasteiger partial charge in [-0.15, -0.1) is 0 Å². The van der Waals surface area contributed by atoms with Crippen molar-refractivity contribution < 1.29 is 4.79 Å². The van der Waals surface area contributed by atoms with Crippen LogP contribution in [0.1, 0.15) is 6.92 Å². The number of piperazine rings is 1. The zero-order valence-electron chi connectivity index (χ0n) is 10.1. The van der Waals surface area contributed by atoms with Gasteiger partial charge in [-0.25, -0.2) is 0 Å². The lowest BCUT2D eigenvalue weighted by atomic mass is 10.2. The molecule has 4 nitrogen and oxygen atoms in total. The molecule has 0 aromatic carbocycles. The SMILES string of the molecule is CSC1CNCC1N1CCN(C(C)=O)CC1. The monoisotopic (exact) mass is 243 g/mol. The topological polar surface area (TPSA) is 35.6 Å². The van der Waals surface area contributed by atoms with Gasteiger partial charge in [0, 0.05) is 57.5 Å². The molecule has 2 atom stereocenters. The molecule has 0 radical (unpaired) electrons. The predicted molar refractivity (Wildman–Crippen MR) is 67.8 cm³/mol. The Morgan fingerprint density at radius 2 is 1.94 bits per heavy atom. The van der Waals surface area contributed by atoms with Crippen LogP contribution >= 0.6 is 11.8 Å². The van der Waals surface area contributed by atoms with Crippen molar-refractivity contribution in [2.45, 2.75) is 18.2 Å². The summed E-state index contributed by atoms with van der Waals surface area (Å²) in [7, 11) is 0. The second kappa shape index (κ2) is 5.38. The van der Waals surface area contributed by atoms with Gasteiger partial charge in [0.2, 0.25) is 5.91 Å². The highest BCUT2D eigenvalue weighted by Crippen LogP contribution is 2.21. The molecule has 2 aliphatic rings. The highest BCUT2D eigenvalue weighted by Gasteiger charge is 2.33. The zero-order valence-corrected chi connectivity index (χ0v) is 10.9. The van der Waals surface area contributed by atoms with Crippen LogP contribution in [0.3, 0.4) is 0 Å². The number of carbonyl (C=O) groups is 1. The first-order valence-electron chi connectivity index (χ1n) is 5.95. The summed E-state index contributed by atoms with van der Waals surface area (Å²) in [5, 5.41) is 4.17. The van der Waals surface area contributed by atoms with Crippen LogP contribution in [-0.4, -0.2) is 72.5 Å². The summed E-state index contributed by atoms with van der Waals surface area (Å²) < 4.78 is 0. The van der Waals surface area contributed by atoms with Gasteiger partial charge in [-0.3, -0.25) is 9.69 Å². The summed E-state index contributed by atoms with van der Waals surface area (Å²) in [5.41, 5.74) is 0. The number of rotatable bonds is 2. The third-order valence-corrected chi connectivity index (χ3v) is 4.75. The molecule has 92 valence electrons. The van der Waals surface area contributed by atoms with Gasteiger partial charge >= 0.3 is 0 Å². The molecule has 2 fully saturated rings. The average Bonchev–Trinajstić information content (AvgIpc) is 2.77. The van der Waals surface area contributed by atoms with Crippen molar-refractivity contribution in [3.8, 4) is 0 Å². The van der Waals surface area contributed by atoms with Crippen LogP contribution < -0.4 is 5.32 Å². The first kappa shape index (κ1) is 12.2. The second-order valence-electron chi connectivity index (χ2n) is 4.54. The molecule has 16 heavy (non-hydrogen) atoms. The molecule has 0 aromatic heterocycles. The zero-order chi connectivity index (χ0) is 11.5. The van der Waals surface area contributed by atoms with E-state index in [9.17, 15) is 4.79 Å². The van der Waals surface area contributed by atoms with Crippen LogP contribution in [0.4, 0.5) is 0 Å². The Kier molecular flexibility index (Phi) is 4.10. The Bertz CT molecular complexity index is 254. The second-order valence-corrected chi connectivity index (χ2v) is 5.62. The van der Waals surface area contributed by atoms with E-state index in [0.717, 1.165) is 39.3 Å². The van der Waals surface area contributed by atoms with E-state index in [-0.39, 0.29) is 5.91 Å². The van der Waals surface area contributed by atoms with E-state index in [1.54, 1.807) is 6.92 Å². The summed E-state index contributed by atoms with van der Waals surface area (Å²) in [4.78, 5) is 15.7. The van der Waals surface area contributed by atoms with Gasteiger partial charge in [0.1, 0.15) is 0 Å². The molecule has 0 bridgehead atoms. The first-order chi connectivity index (χ1) is 7.72. The molecule has 0 aliphatic carbocycles. The number of nitrogens with zero attached hydrogens (tertiary/aromatic N) is 2. The van der Waals surface area contributed by atoms with E-state index in [4.69, 9.17) is 0 Å². The maximum atomic E-state index is 11.2. The Hall–Kier alpha value is -0.260. The highest BCUT2D eigenvalue weighted by molar-refractivity contribution is 7.99. The molecule has 1 N–H and O–H groups in total. The minimum Gasteiger partial charge on any atom is -0.340 e. The lowest BCUT2D eigenvalue weighted by Gasteiger charge is -2.39. The van der Waals surface area contributed by atoms with Crippen molar-refractivity contribution >= 4 is 17.7 Å². The Morgan fingerprint density at radius 3 is 2.50 bits per heavy atom. The molecule has 2 rings (SSSR count). The average molecular weight is 243 g/mol. The molecule has 2 saturated heterocycles. The Morgan fingerprint density at radius 1 is 1.25 bits per heavy atom. The third kappa shape index (κ3) is 2.52. The number of hydrogen-bond acceptors (Lipinski definition) is 4. The predicted octanol–water partition coefficient (Wildman–Crippen LogP) is -0.146. The normalized spacial score (nSPS) is 32.0. The standard InChI is InChI=1S/C11H21N3OS/c1-9(15)13-3-5-14(6-4-13)10-7-12-8-11(10)16-2/h10-12H,3-8H2,1-2H3.